The second-order valence-electron chi connectivity index (χ2n) is 3.48. The third kappa shape index (κ3) is 2.13. The molecule has 0 atom stereocenters. The van der Waals surface area contributed by atoms with E-state index in [0.29, 0.717) is 5.56 Å². The maximum absolute atomic E-state index is 13.6. The lowest BCUT2D eigenvalue weighted by Gasteiger charge is -2.08. The van der Waals surface area contributed by atoms with Gasteiger partial charge in [-0.2, -0.15) is 4.39 Å². The summed E-state index contributed by atoms with van der Waals surface area (Å²) < 4.78 is 18.6. The van der Waals surface area contributed by atoms with Crippen molar-refractivity contribution in [3.05, 3.63) is 52.6 Å². The van der Waals surface area contributed by atoms with Gasteiger partial charge in [-0.15, -0.1) is 0 Å². The van der Waals surface area contributed by atoms with E-state index in [9.17, 15) is 14.5 Å². The first-order valence-electron chi connectivity index (χ1n) is 5.07. The van der Waals surface area contributed by atoms with Crippen molar-refractivity contribution in [3.63, 3.8) is 0 Å². The molecule has 0 aliphatic rings. The summed E-state index contributed by atoms with van der Waals surface area (Å²) in [6.45, 7) is 0. The highest BCUT2D eigenvalue weighted by Gasteiger charge is 2.15. The number of ether oxygens (including phenoxy) is 1. The maximum Gasteiger partial charge on any atom is 0.273 e. The number of rotatable bonds is 3. The van der Waals surface area contributed by atoms with Crippen LogP contribution in [0.4, 0.5) is 10.1 Å². The first kappa shape index (κ1) is 12.0. The fraction of sp³-hybridized carbons (Fsp3) is 0.0833. The van der Waals surface area contributed by atoms with Crippen LogP contribution in [0.5, 0.6) is 5.75 Å². The summed E-state index contributed by atoms with van der Waals surface area (Å²) in [5.74, 6) is -0.416. The Balaban J connectivity index is 2.58. The van der Waals surface area contributed by atoms with Gasteiger partial charge in [-0.25, -0.2) is 4.98 Å². The lowest BCUT2D eigenvalue weighted by atomic mass is 10.1. The zero-order valence-electron chi connectivity index (χ0n) is 9.46. The van der Waals surface area contributed by atoms with Gasteiger partial charge in [0.25, 0.3) is 5.69 Å². The van der Waals surface area contributed by atoms with Crippen LogP contribution >= 0.6 is 0 Å². The number of pyridine rings is 1. The third-order valence-corrected chi connectivity index (χ3v) is 2.45. The zero-order valence-corrected chi connectivity index (χ0v) is 9.46. The predicted molar refractivity (Wildman–Crippen MR) is 62.8 cm³/mol. The Kier molecular flexibility index (Phi) is 3.18. The molecule has 6 heteroatoms. The van der Waals surface area contributed by atoms with E-state index in [0.717, 1.165) is 0 Å². The Hall–Kier alpha value is -2.50. The van der Waals surface area contributed by atoms with Crippen molar-refractivity contribution in [1.82, 2.24) is 4.98 Å². The minimum atomic E-state index is -0.648. The number of nitro benzene ring substituents is 1. The number of aromatic nitrogens is 1. The van der Waals surface area contributed by atoms with Crippen LogP contribution in [0, 0.1) is 16.1 Å². The lowest BCUT2D eigenvalue weighted by Crippen LogP contribution is -1.94. The minimum absolute atomic E-state index is 0.111. The zero-order chi connectivity index (χ0) is 13.1. The summed E-state index contributed by atoms with van der Waals surface area (Å²) in [5, 5.41) is 10.6. The van der Waals surface area contributed by atoms with Gasteiger partial charge in [-0.05, 0) is 18.2 Å². The largest absolute Gasteiger partial charge is 0.496 e. The van der Waals surface area contributed by atoms with Crippen LogP contribution in [-0.2, 0) is 0 Å². The normalized spacial score (nSPS) is 10.1. The van der Waals surface area contributed by atoms with E-state index < -0.39 is 10.9 Å². The highest BCUT2D eigenvalue weighted by molar-refractivity contribution is 5.72. The average molecular weight is 248 g/mol. The van der Waals surface area contributed by atoms with Crippen LogP contribution < -0.4 is 4.74 Å². The van der Waals surface area contributed by atoms with Gasteiger partial charge < -0.3 is 4.74 Å². The molecule has 0 saturated heterocycles. The van der Waals surface area contributed by atoms with E-state index in [-0.39, 0.29) is 17.0 Å². The smallest absolute Gasteiger partial charge is 0.273 e. The molecule has 0 aliphatic carbocycles. The molecule has 0 bridgehead atoms. The molecule has 1 aromatic carbocycles. The summed E-state index contributed by atoms with van der Waals surface area (Å²) in [7, 11) is 1.37. The molecular weight excluding hydrogens is 239 g/mol. The lowest BCUT2D eigenvalue weighted by molar-refractivity contribution is -0.384. The fourth-order valence-corrected chi connectivity index (χ4v) is 1.60. The summed E-state index contributed by atoms with van der Waals surface area (Å²) in [5.41, 5.74) is 0.554. The van der Waals surface area contributed by atoms with Crippen LogP contribution in [-0.4, -0.2) is 17.0 Å². The number of hydrogen-bond acceptors (Lipinski definition) is 4. The van der Waals surface area contributed by atoms with Crippen LogP contribution in [0.3, 0.4) is 0 Å². The Morgan fingerprint density at radius 1 is 1.33 bits per heavy atom. The topological polar surface area (TPSA) is 65.3 Å². The Labute approximate surface area is 102 Å². The third-order valence-electron chi connectivity index (χ3n) is 2.45. The summed E-state index contributed by atoms with van der Waals surface area (Å²) >= 11 is 0. The number of benzene rings is 1. The average Bonchev–Trinajstić information content (AvgIpc) is 2.38. The molecule has 0 N–H and O–H groups in total. The van der Waals surface area contributed by atoms with Gasteiger partial charge in [0.2, 0.25) is 5.95 Å². The SMILES string of the molecule is COc1cc([N+](=O)[O-])ccc1-c1cccnc1F. The maximum atomic E-state index is 13.6. The molecule has 0 radical (unpaired) electrons. The van der Waals surface area contributed by atoms with Gasteiger partial charge in [-0.3, -0.25) is 10.1 Å². The van der Waals surface area contributed by atoms with Gasteiger partial charge in [0.15, 0.2) is 0 Å². The number of halogens is 1. The van der Waals surface area contributed by atoms with Crippen molar-refractivity contribution in [2.45, 2.75) is 0 Å². The van der Waals surface area contributed by atoms with Crippen LogP contribution in [0.25, 0.3) is 11.1 Å². The number of methoxy groups -OCH3 is 1. The standard InChI is InChI=1S/C12H9FN2O3/c1-18-11-7-8(15(16)17)4-5-9(11)10-3-2-6-14-12(10)13/h2-7H,1H3. The number of nitro groups is 1. The van der Waals surface area contributed by atoms with Crippen LogP contribution in [0.1, 0.15) is 0 Å². The Morgan fingerprint density at radius 2 is 2.11 bits per heavy atom. The Morgan fingerprint density at radius 3 is 2.72 bits per heavy atom. The van der Waals surface area contributed by atoms with E-state index in [4.69, 9.17) is 4.74 Å². The van der Waals surface area contributed by atoms with Crippen LogP contribution in [0.2, 0.25) is 0 Å². The van der Waals surface area contributed by atoms with Crippen molar-refractivity contribution >= 4 is 5.69 Å². The minimum Gasteiger partial charge on any atom is -0.496 e. The van der Waals surface area contributed by atoms with E-state index in [1.54, 1.807) is 6.07 Å². The predicted octanol–water partition coefficient (Wildman–Crippen LogP) is 2.80. The second kappa shape index (κ2) is 4.79. The number of hydrogen-bond donors (Lipinski definition) is 0. The van der Waals surface area contributed by atoms with Gasteiger partial charge in [0.05, 0.1) is 18.1 Å². The molecule has 0 unspecified atom stereocenters. The van der Waals surface area contributed by atoms with Gasteiger partial charge in [0, 0.05) is 23.4 Å². The van der Waals surface area contributed by atoms with E-state index in [1.165, 1.54) is 37.6 Å². The molecule has 2 rings (SSSR count). The van der Waals surface area contributed by atoms with Gasteiger partial charge in [-0.1, -0.05) is 0 Å². The van der Waals surface area contributed by atoms with E-state index >= 15 is 0 Å². The second-order valence-corrected chi connectivity index (χ2v) is 3.48. The Bertz CT molecular complexity index is 602. The molecule has 5 nitrogen and oxygen atoms in total. The molecule has 2 aromatic rings. The molecule has 0 amide bonds. The first-order valence-corrected chi connectivity index (χ1v) is 5.07. The van der Waals surface area contributed by atoms with Crippen molar-refractivity contribution in [3.8, 4) is 16.9 Å². The van der Waals surface area contributed by atoms with Crippen molar-refractivity contribution in [2.24, 2.45) is 0 Å². The summed E-state index contributed by atoms with van der Waals surface area (Å²) in [4.78, 5) is 13.6. The van der Waals surface area contributed by atoms with Crippen molar-refractivity contribution in [2.75, 3.05) is 7.11 Å². The molecule has 18 heavy (non-hydrogen) atoms. The highest BCUT2D eigenvalue weighted by Crippen LogP contribution is 2.33. The molecule has 0 fully saturated rings. The van der Waals surface area contributed by atoms with E-state index in [2.05, 4.69) is 4.98 Å². The summed E-state index contributed by atoms with van der Waals surface area (Å²) in [6.07, 6.45) is 1.33. The molecule has 92 valence electrons. The molecule has 0 spiro atoms. The molecular formula is C12H9FN2O3. The quantitative estimate of drug-likeness (QED) is 0.476. The van der Waals surface area contributed by atoms with Gasteiger partial charge in [0.1, 0.15) is 5.75 Å². The summed E-state index contributed by atoms with van der Waals surface area (Å²) in [6, 6.07) is 7.11. The molecule has 1 heterocycles. The molecule has 1 aromatic heterocycles. The monoisotopic (exact) mass is 248 g/mol. The van der Waals surface area contributed by atoms with Crippen molar-refractivity contribution < 1.29 is 14.1 Å². The number of non-ortho nitro benzene ring substituents is 1. The molecule has 0 aliphatic heterocycles. The highest BCUT2D eigenvalue weighted by atomic mass is 19.1. The number of nitrogens with zero attached hydrogens (tertiary/aromatic N) is 2. The van der Waals surface area contributed by atoms with E-state index in [1.807, 2.05) is 0 Å². The molecule has 0 saturated carbocycles. The first-order chi connectivity index (χ1) is 8.63. The van der Waals surface area contributed by atoms with Crippen molar-refractivity contribution in [1.29, 1.82) is 0 Å². The fourth-order valence-electron chi connectivity index (χ4n) is 1.60. The van der Waals surface area contributed by atoms with Crippen LogP contribution in [0.15, 0.2) is 36.5 Å². The van der Waals surface area contributed by atoms with Gasteiger partial charge >= 0.3 is 0 Å².